The summed E-state index contributed by atoms with van der Waals surface area (Å²) < 4.78 is 13.6. The quantitative estimate of drug-likeness (QED) is 0.785. The van der Waals surface area contributed by atoms with Gasteiger partial charge in [0.2, 0.25) is 5.91 Å². The number of anilines is 1. The molecule has 3 rings (SSSR count). The van der Waals surface area contributed by atoms with E-state index in [2.05, 4.69) is 24.6 Å². The minimum atomic E-state index is -0.309. The van der Waals surface area contributed by atoms with Crippen LogP contribution in [0.1, 0.15) is 22.9 Å². The third kappa shape index (κ3) is 2.97. The van der Waals surface area contributed by atoms with Gasteiger partial charge in [-0.25, -0.2) is 4.39 Å². The Hall–Kier alpha value is -2.27. The Balaban J connectivity index is 2.17. The molecule has 0 unspecified atom stereocenters. The predicted octanol–water partition coefficient (Wildman–Crippen LogP) is 3.82. The van der Waals surface area contributed by atoms with E-state index in [1.165, 1.54) is 17.0 Å². The first-order chi connectivity index (χ1) is 11.1. The number of thiophene rings is 1. The zero-order valence-corrected chi connectivity index (χ0v) is 13.7. The fourth-order valence-corrected chi connectivity index (χ4v) is 3.72. The number of aryl methyl sites for hydroxylation is 1. The van der Waals surface area contributed by atoms with Gasteiger partial charge in [-0.15, -0.1) is 17.9 Å². The lowest BCUT2D eigenvalue weighted by atomic mass is 10.0. The van der Waals surface area contributed by atoms with Gasteiger partial charge in [-0.1, -0.05) is 25.1 Å². The van der Waals surface area contributed by atoms with Gasteiger partial charge >= 0.3 is 0 Å². The Bertz CT molecular complexity index is 794. The van der Waals surface area contributed by atoms with Crippen LogP contribution in [0.4, 0.5) is 9.39 Å². The van der Waals surface area contributed by atoms with Gasteiger partial charge in [-0.3, -0.25) is 14.7 Å². The molecule has 3 nitrogen and oxygen atoms in total. The highest BCUT2D eigenvalue weighted by Gasteiger charge is 2.27. The lowest BCUT2D eigenvalue weighted by Gasteiger charge is -2.18. The molecule has 23 heavy (non-hydrogen) atoms. The molecule has 1 aromatic heterocycles. The van der Waals surface area contributed by atoms with Crippen molar-refractivity contribution in [2.75, 3.05) is 18.0 Å². The average molecular weight is 328 g/mol. The standard InChI is InChI=1S/C18H17FN2OS/c1-3-8-21-16(22)11-20-17(12-6-5-7-13(19)9-12)15-10-14(4-2)23-18(15)21/h3,5-7,9-10H,1,4,8,11H2,2H3. The van der Waals surface area contributed by atoms with Gasteiger partial charge in [0, 0.05) is 22.5 Å². The summed E-state index contributed by atoms with van der Waals surface area (Å²) in [6.45, 7) is 6.31. The van der Waals surface area contributed by atoms with Gasteiger partial charge in [0.05, 0.1) is 5.71 Å². The number of carbonyl (C=O) groups excluding carboxylic acids is 1. The summed E-state index contributed by atoms with van der Waals surface area (Å²) in [4.78, 5) is 19.8. The molecule has 0 bridgehead atoms. The Morgan fingerprint density at radius 2 is 2.26 bits per heavy atom. The molecule has 0 spiro atoms. The molecule has 1 aliphatic rings. The molecule has 1 aromatic carbocycles. The van der Waals surface area contributed by atoms with E-state index < -0.39 is 0 Å². The second-order valence-electron chi connectivity index (χ2n) is 5.25. The molecule has 2 aromatic rings. The topological polar surface area (TPSA) is 32.7 Å². The summed E-state index contributed by atoms with van der Waals surface area (Å²) in [7, 11) is 0. The third-order valence-electron chi connectivity index (χ3n) is 3.70. The summed E-state index contributed by atoms with van der Waals surface area (Å²) in [5.74, 6) is -0.377. The second-order valence-corrected chi connectivity index (χ2v) is 6.37. The normalized spacial score (nSPS) is 14.3. The zero-order valence-electron chi connectivity index (χ0n) is 12.9. The van der Waals surface area contributed by atoms with Crippen molar-refractivity contribution in [1.29, 1.82) is 0 Å². The fourth-order valence-electron chi connectivity index (χ4n) is 2.60. The van der Waals surface area contributed by atoms with Crippen molar-refractivity contribution < 1.29 is 9.18 Å². The summed E-state index contributed by atoms with van der Waals surface area (Å²) in [6.07, 6.45) is 2.59. The Kier molecular flexibility index (Phi) is 4.39. The van der Waals surface area contributed by atoms with Crippen LogP contribution in [-0.2, 0) is 11.2 Å². The number of rotatable bonds is 4. The van der Waals surface area contributed by atoms with Crippen molar-refractivity contribution in [2.45, 2.75) is 13.3 Å². The summed E-state index contributed by atoms with van der Waals surface area (Å²) >= 11 is 1.59. The van der Waals surface area contributed by atoms with Crippen molar-refractivity contribution in [1.82, 2.24) is 0 Å². The Labute approximate surface area is 138 Å². The molecule has 0 fully saturated rings. The summed E-state index contributed by atoms with van der Waals surface area (Å²) in [6, 6.07) is 8.40. The van der Waals surface area contributed by atoms with Crippen LogP contribution in [-0.4, -0.2) is 24.7 Å². The molecule has 5 heteroatoms. The van der Waals surface area contributed by atoms with Gasteiger partial charge in [-0.05, 0) is 24.6 Å². The monoisotopic (exact) mass is 328 g/mol. The maximum atomic E-state index is 13.6. The fraction of sp³-hybridized carbons (Fsp3) is 0.222. The van der Waals surface area contributed by atoms with Crippen molar-refractivity contribution in [3.8, 4) is 0 Å². The number of amides is 1. The maximum Gasteiger partial charge on any atom is 0.249 e. The number of fused-ring (bicyclic) bond motifs is 1. The van der Waals surface area contributed by atoms with Gasteiger partial charge in [0.15, 0.2) is 0 Å². The number of halogens is 1. The minimum Gasteiger partial charge on any atom is -0.298 e. The van der Waals surface area contributed by atoms with Gasteiger partial charge < -0.3 is 0 Å². The van der Waals surface area contributed by atoms with Crippen molar-refractivity contribution in [3.05, 3.63) is 64.8 Å². The van der Waals surface area contributed by atoms with Crippen LogP contribution in [0, 0.1) is 5.82 Å². The highest BCUT2D eigenvalue weighted by atomic mass is 32.1. The van der Waals surface area contributed by atoms with Crippen LogP contribution in [0.5, 0.6) is 0 Å². The third-order valence-corrected chi connectivity index (χ3v) is 5.00. The summed E-state index contributed by atoms with van der Waals surface area (Å²) in [5.41, 5.74) is 2.26. The predicted molar refractivity (Wildman–Crippen MR) is 93.2 cm³/mol. The van der Waals surface area contributed by atoms with Crippen molar-refractivity contribution >= 4 is 28.0 Å². The highest BCUT2D eigenvalue weighted by Crippen LogP contribution is 2.35. The molecule has 0 saturated carbocycles. The van der Waals surface area contributed by atoms with Crippen molar-refractivity contribution in [2.24, 2.45) is 4.99 Å². The van der Waals surface area contributed by atoms with Gasteiger partial charge in [-0.2, -0.15) is 0 Å². The van der Waals surface area contributed by atoms with E-state index in [-0.39, 0.29) is 18.3 Å². The van der Waals surface area contributed by atoms with Crippen LogP contribution in [0.25, 0.3) is 0 Å². The van der Waals surface area contributed by atoms with Crippen LogP contribution >= 0.6 is 11.3 Å². The number of hydrogen-bond donors (Lipinski definition) is 0. The molecule has 2 heterocycles. The van der Waals surface area contributed by atoms with E-state index >= 15 is 0 Å². The van der Waals surface area contributed by atoms with Gasteiger partial charge in [0.1, 0.15) is 17.4 Å². The molecular formula is C18H17FN2OS. The largest absolute Gasteiger partial charge is 0.298 e. The summed E-state index contributed by atoms with van der Waals surface area (Å²) in [5, 5.41) is 0.868. The molecule has 0 radical (unpaired) electrons. The average Bonchev–Trinajstić information content (AvgIpc) is 2.91. The van der Waals surface area contributed by atoms with Crippen LogP contribution < -0.4 is 4.90 Å². The van der Waals surface area contributed by atoms with Crippen LogP contribution in [0.2, 0.25) is 0 Å². The first-order valence-corrected chi connectivity index (χ1v) is 8.30. The number of nitrogens with zero attached hydrogens (tertiary/aromatic N) is 2. The molecule has 1 aliphatic heterocycles. The number of carbonyl (C=O) groups is 1. The molecule has 0 atom stereocenters. The smallest absolute Gasteiger partial charge is 0.249 e. The van der Waals surface area contributed by atoms with Gasteiger partial charge in [0.25, 0.3) is 0 Å². The first kappa shape index (κ1) is 15.6. The van der Waals surface area contributed by atoms with E-state index in [0.29, 0.717) is 17.8 Å². The van der Waals surface area contributed by atoms with E-state index in [9.17, 15) is 9.18 Å². The van der Waals surface area contributed by atoms with E-state index in [1.54, 1.807) is 28.4 Å². The van der Waals surface area contributed by atoms with E-state index in [1.807, 2.05) is 6.07 Å². The first-order valence-electron chi connectivity index (χ1n) is 7.48. The molecular weight excluding hydrogens is 311 g/mol. The minimum absolute atomic E-state index is 0.0581. The lowest BCUT2D eigenvalue weighted by molar-refractivity contribution is -0.117. The molecule has 0 aliphatic carbocycles. The zero-order chi connectivity index (χ0) is 16.4. The van der Waals surface area contributed by atoms with Crippen molar-refractivity contribution in [3.63, 3.8) is 0 Å². The lowest BCUT2D eigenvalue weighted by Crippen LogP contribution is -2.31. The number of benzene rings is 1. The van der Waals surface area contributed by atoms with Crippen LogP contribution in [0.15, 0.2) is 48.0 Å². The number of hydrogen-bond acceptors (Lipinski definition) is 3. The molecule has 0 N–H and O–H groups in total. The Morgan fingerprint density at radius 3 is 2.96 bits per heavy atom. The van der Waals surface area contributed by atoms with E-state index in [4.69, 9.17) is 0 Å². The number of aliphatic imine (C=N–C) groups is 1. The maximum absolute atomic E-state index is 13.6. The molecule has 1 amide bonds. The van der Waals surface area contributed by atoms with Crippen LogP contribution in [0.3, 0.4) is 0 Å². The Morgan fingerprint density at radius 1 is 1.43 bits per heavy atom. The molecule has 118 valence electrons. The highest BCUT2D eigenvalue weighted by molar-refractivity contribution is 7.16. The molecule has 0 saturated heterocycles. The second kappa shape index (κ2) is 6.46. The van der Waals surface area contributed by atoms with E-state index in [0.717, 1.165) is 17.0 Å². The SMILES string of the molecule is C=CCN1C(=O)CN=C(c2cccc(F)c2)c2cc(CC)sc21.